The van der Waals surface area contributed by atoms with Crippen molar-refractivity contribution in [3.05, 3.63) is 53.6 Å². The minimum Gasteiger partial charge on any atom is -0.504 e. The van der Waals surface area contributed by atoms with Gasteiger partial charge in [0.2, 0.25) is 0 Å². The summed E-state index contributed by atoms with van der Waals surface area (Å²) in [6.07, 6.45) is -14.5. The van der Waals surface area contributed by atoms with Crippen molar-refractivity contribution >= 4 is 12.0 Å². The van der Waals surface area contributed by atoms with Crippen LogP contribution in [0.2, 0.25) is 0 Å². The molecule has 2 aliphatic heterocycles. The lowest BCUT2D eigenvalue weighted by atomic mass is 9.97. The van der Waals surface area contributed by atoms with Crippen LogP contribution in [0.5, 0.6) is 23.0 Å². The number of aromatic hydroxyl groups is 4. The van der Waals surface area contributed by atoms with Crippen LogP contribution >= 0.6 is 0 Å². The number of ether oxygens (including phenoxy) is 6. The van der Waals surface area contributed by atoms with Crippen molar-refractivity contribution in [3.8, 4) is 23.0 Å². The lowest BCUT2D eigenvalue weighted by molar-refractivity contribution is -0.371. The minimum absolute atomic E-state index is 0.00560. The quantitative estimate of drug-likeness (QED) is 0.0589. The average molecular weight is 669 g/mol. The lowest BCUT2D eigenvalue weighted by Gasteiger charge is -2.46. The maximum Gasteiger partial charge on any atom is 0.331 e. The molecule has 11 atom stereocenters. The number of carbonyl (C=O) groups excluding carboxylic acids is 1. The Labute approximate surface area is 269 Å². The normalized spacial score (nSPS) is 31.9. The van der Waals surface area contributed by atoms with Crippen molar-refractivity contribution in [2.45, 2.75) is 88.0 Å². The van der Waals surface area contributed by atoms with Crippen molar-refractivity contribution in [1.29, 1.82) is 0 Å². The van der Waals surface area contributed by atoms with Crippen molar-refractivity contribution in [2.24, 2.45) is 0 Å². The Bertz CT molecular complexity index is 1370. The Balaban J connectivity index is 1.59. The topological polar surface area (TPSA) is 255 Å². The highest BCUT2D eigenvalue weighted by molar-refractivity contribution is 5.87. The number of hydrogen-bond acceptors (Lipinski definition) is 16. The van der Waals surface area contributed by atoms with Gasteiger partial charge in [0, 0.05) is 19.1 Å². The summed E-state index contributed by atoms with van der Waals surface area (Å²) in [5, 5.41) is 91.5. The lowest BCUT2D eigenvalue weighted by Crippen LogP contribution is -2.65. The van der Waals surface area contributed by atoms with Crippen molar-refractivity contribution < 1.29 is 79.2 Å². The summed E-state index contributed by atoms with van der Waals surface area (Å²) in [6, 6.07) is 7.87. The molecule has 0 radical (unpaired) electrons. The number of rotatable bonds is 12. The van der Waals surface area contributed by atoms with E-state index in [-0.39, 0.29) is 30.3 Å². The molecule has 2 fully saturated rings. The van der Waals surface area contributed by atoms with Crippen LogP contribution in [0, 0.1) is 0 Å². The molecule has 1 unspecified atom stereocenters. The zero-order chi connectivity index (χ0) is 34.4. The van der Waals surface area contributed by atoms with Gasteiger partial charge in [0.15, 0.2) is 48.0 Å². The smallest absolute Gasteiger partial charge is 0.331 e. The summed E-state index contributed by atoms with van der Waals surface area (Å²) in [4.78, 5) is 12.9. The fourth-order valence-corrected chi connectivity index (χ4v) is 5.08. The van der Waals surface area contributed by atoms with Crippen LogP contribution < -0.4 is 0 Å². The van der Waals surface area contributed by atoms with E-state index in [1.165, 1.54) is 49.4 Å². The Hall–Kier alpha value is -3.55. The first-order chi connectivity index (χ1) is 22.3. The van der Waals surface area contributed by atoms with Gasteiger partial charge in [-0.1, -0.05) is 12.1 Å². The predicted molar refractivity (Wildman–Crippen MR) is 158 cm³/mol. The number of phenolic OH excluding ortho intramolecular Hbond substituents is 4. The molecule has 0 spiro atoms. The van der Waals surface area contributed by atoms with Crippen LogP contribution in [-0.2, 0) is 39.6 Å². The highest BCUT2D eigenvalue weighted by Crippen LogP contribution is 2.33. The predicted octanol–water partition coefficient (Wildman–Crippen LogP) is -0.653. The zero-order valence-electron chi connectivity index (χ0n) is 25.5. The van der Waals surface area contributed by atoms with Crippen molar-refractivity contribution in [3.63, 3.8) is 0 Å². The van der Waals surface area contributed by atoms with Crippen molar-refractivity contribution in [1.82, 2.24) is 0 Å². The van der Waals surface area contributed by atoms with Gasteiger partial charge in [-0.05, 0) is 55.3 Å². The van der Waals surface area contributed by atoms with Crippen LogP contribution in [0.15, 0.2) is 42.5 Å². The number of aliphatic hydroxyl groups is 5. The molecule has 0 aliphatic carbocycles. The summed E-state index contributed by atoms with van der Waals surface area (Å²) in [5.74, 6) is -2.51. The molecule has 2 aromatic rings. The zero-order valence-corrected chi connectivity index (χ0v) is 25.5. The van der Waals surface area contributed by atoms with E-state index >= 15 is 0 Å². The van der Waals surface area contributed by atoms with Gasteiger partial charge >= 0.3 is 5.97 Å². The second kappa shape index (κ2) is 16.0. The third kappa shape index (κ3) is 8.88. The van der Waals surface area contributed by atoms with Crippen LogP contribution in [0.1, 0.15) is 25.0 Å². The summed E-state index contributed by atoms with van der Waals surface area (Å²) in [5.41, 5.74) is 0.803. The fourth-order valence-electron chi connectivity index (χ4n) is 5.08. The molecule has 2 saturated heterocycles. The van der Waals surface area contributed by atoms with Crippen LogP contribution in [0.3, 0.4) is 0 Å². The third-order valence-corrected chi connectivity index (χ3v) is 7.64. The summed E-state index contributed by atoms with van der Waals surface area (Å²) in [6.45, 7) is 2.45. The fraction of sp³-hybridized carbons (Fsp3) is 0.516. The SMILES string of the molecule is CCOC(Cc1ccc(O)c(O)c1)O[C@@H]1O[C@H](CO)[C@@H](OC(=O)/C=C/c2ccc(O)c(O)c2)[C@H](O[C@@H]2O[C@@H](C)[C@H](O)[C@@H](O)[C@H]2O)[C@H]1O. The highest BCUT2D eigenvalue weighted by Gasteiger charge is 2.52. The van der Waals surface area contributed by atoms with Gasteiger partial charge < -0.3 is 74.4 Å². The molecule has 16 nitrogen and oxygen atoms in total. The molecule has 2 aromatic carbocycles. The first kappa shape index (κ1) is 36.3. The molecule has 4 rings (SSSR count). The van der Waals surface area contributed by atoms with Crippen LogP contribution in [0.4, 0.5) is 0 Å². The maximum absolute atomic E-state index is 12.9. The Morgan fingerprint density at radius 1 is 0.851 bits per heavy atom. The number of esters is 1. The first-order valence-corrected chi connectivity index (χ1v) is 14.8. The number of benzene rings is 2. The van der Waals surface area contributed by atoms with Crippen molar-refractivity contribution in [2.75, 3.05) is 13.2 Å². The molecular formula is C31H40O16. The van der Waals surface area contributed by atoms with E-state index in [2.05, 4.69) is 0 Å². The maximum atomic E-state index is 12.9. The molecule has 0 bridgehead atoms. The summed E-state index contributed by atoms with van der Waals surface area (Å²) >= 11 is 0. The molecule has 0 aromatic heterocycles. The van der Waals surface area contributed by atoms with Gasteiger partial charge in [-0.15, -0.1) is 0 Å². The monoisotopic (exact) mass is 668 g/mol. The number of carbonyl (C=O) groups is 1. The van der Waals surface area contributed by atoms with Gasteiger partial charge in [0.1, 0.15) is 36.6 Å². The molecule has 9 N–H and O–H groups in total. The molecule has 0 saturated carbocycles. The molecule has 2 aliphatic rings. The van der Waals surface area contributed by atoms with E-state index in [0.717, 1.165) is 6.08 Å². The molecule has 260 valence electrons. The standard InChI is InChI=1S/C31H40O16/c1-3-42-23(12-16-5-8-18(34)20(36)11-16)46-31-27(41)29(47-30-26(40)25(39)24(38)14(2)43-30)28(21(13-32)44-31)45-22(37)9-6-15-4-7-17(33)19(35)10-15/h4-11,14,21,23-36,38-41H,3,12-13H2,1-2H3/b9-6+/t14-,21+,23?,24-,25+,26+,27+,28+,29+,30-,31-/m0/s1. The number of hydrogen-bond donors (Lipinski definition) is 9. The first-order valence-electron chi connectivity index (χ1n) is 14.8. The second-order valence-corrected chi connectivity index (χ2v) is 11.0. The molecule has 47 heavy (non-hydrogen) atoms. The molecule has 16 heteroatoms. The van der Waals surface area contributed by atoms with E-state index in [4.69, 9.17) is 28.4 Å². The van der Waals surface area contributed by atoms with Gasteiger partial charge in [-0.25, -0.2) is 4.79 Å². The largest absolute Gasteiger partial charge is 0.504 e. The van der Waals surface area contributed by atoms with Gasteiger partial charge in [-0.3, -0.25) is 0 Å². The number of aliphatic hydroxyl groups excluding tert-OH is 5. The molecule has 0 amide bonds. The van der Waals surface area contributed by atoms with Crippen LogP contribution in [0.25, 0.3) is 6.08 Å². The van der Waals surface area contributed by atoms with E-state index < -0.39 is 86.0 Å². The average Bonchev–Trinajstić information content (AvgIpc) is 3.03. The summed E-state index contributed by atoms with van der Waals surface area (Å²) in [7, 11) is 0. The van der Waals surface area contributed by atoms with E-state index in [0.29, 0.717) is 11.1 Å². The number of phenols is 4. The van der Waals surface area contributed by atoms with Gasteiger partial charge in [0.05, 0.1) is 12.7 Å². The third-order valence-electron chi connectivity index (χ3n) is 7.64. The molecule has 2 heterocycles. The molecular weight excluding hydrogens is 628 g/mol. The van der Waals surface area contributed by atoms with Gasteiger partial charge in [-0.2, -0.15) is 0 Å². The van der Waals surface area contributed by atoms with Gasteiger partial charge in [0.25, 0.3) is 0 Å². The van der Waals surface area contributed by atoms with E-state index in [9.17, 15) is 50.8 Å². The minimum atomic E-state index is -1.81. The van der Waals surface area contributed by atoms with E-state index in [1.54, 1.807) is 6.92 Å². The van der Waals surface area contributed by atoms with E-state index in [1.807, 2.05) is 0 Å². The highest BCUT2D eigenvalue weighted by atomic mass is 16.8. The Kier molecular flexibility index (Phi) is 12.4. The second-order valence-electron chi connectivity index (χ2n) is 11.0. The Morgan fingerprint density at radius 2 is 1.53 bits per heavy atom. The summed E-state index contributed by atoms with van der Waals surface area (Å²) < 4.78 is 34.3. The Morgan fingerprint density at radius 3 is 2.17 bits per heavy atom. The van der Waals surface area contributed by atoms with Crippen LogP contribution in [-0.4, -0.2) is 133 Å².